The average molecular weight is 324 g/mol. The molecule has 1 amide bonds. The van der Waals surface area contributed by atoms with Crippen molar-refractivity contribution < 1.29 is 23.1 Å². The normalized spacial score (nSPS) is 22.1. The zero-order valence-corrected chi connectivity index (χ0v) is 12.8. The highest BCUT2D eigenvalue weighted by molar-refractivity contribution is 7.89. The molecule has 7 nitrogen and oxygen atoms in total. The minimum absolute atomic E-state index is 0.0440. The molecule has 0 saturated carbocycles. The van der Waals surface area contributed by atoms with E-state index in [2.05, 4.69) is 0 Å². The highest BCUT2D eigenvalue weighted by atomic mass is 32.2. The second kappa shape index (κ2) is 5.06. The van der Waals surface area contributed by atoms with Crippen molar-refractivity contribution in [2.45, 2.75) is 30.2 Å². The number of amides is 1. The van der Waals surface area contributed by atoms with Crippen LogP contribution in [0.25, 0.3) is 0 Å². The molecule has 1 saturated heterocycles. The standard InChI is InChI=1S/C14H16N2O5S/c1-15-11-5-4-10(7-9(11)8-13(15)17)22(20,21)16-6-2-3-12(16)14(18)19/h4-5,7,12H,2-3,6,8H2,1H3,(H,18,19)/t12-/m1/s1. The highest BCUT2D eigenvalue weighted by Crippen LogP contribution is 2.32. The Morgan fingerprint density at radius 1 is 1.36 bits per heavy atom. The van der Waals surface area contributed by atoms with Crippen molar-refractivity contribution in [3.8, 4) is 0 Å². The molecule has 22 heavy (non-hydrogen) atoms. The molecule has 3 rings (SSSR count). The molecule has 118 valence electrons. The first-order valence-corrected chi connectivity index (χ1v) is 8.40. The molecular weight excluding hydrogens is 308 g/mol. The van der Waals surface area contributed by atoms with E-state index < -0.39 is 22.0 Å². The summed E-state index contributed by atoms with van der Waals surface area (Å²) < 4.78 is 26.4. The Hall–Kier alpha value is -1.93. The predicted octanol–water partition coefficient (Wildman–Crippen LogP) is 0.443. The van der Waals surface area contributed by atoms with Crippen molar-refractivity contribution in [1.29, 1.82) is 0 Å². The molecule has 1 N–H and O–H groups in total. The molecule has 2 aliphatic heterocycles. The van der Waals surface area contributed by atoms with Crippen LogP contribution in [0.2, 0.25) is 0 Å². The molecule has 1 fully saturated rings. The molecule has 1 atom stereocenters. The van der Waals surface area contributed by atoms with Gasteiger partial charge in [0.25, 0.3) is 0 Å². The summed E-state index contributed by atoms with van der Waals surface area (Å²) in [6.07, 6.45) is 1.01. The van der Waals surface area contributed by atoms with Gasteiger partial charge in [0.2, 0.25) is 15.9 Å². The van der Waals surface area contributed by atoms with Crippen molar-refractivity contribution in [2.75, 3.05) is 18.5 Å². The third-order valence-corrected chi connectivity index (χ3v) is 6.13. The SMILES string of the molecule is CN1C(=O)Cc2cc(S(=O)(=O)N3CCC[C@@H]3C(=O)O)ccc21. The van der Waals surface area contributed by atoms with Crippen LogP contribution >= 0.6 is 0 Å². The minimum atomic E-state index is -3.87. The Balaban J connectivity index is 1.99. The number of carbonyl (C=O) groups excluding carboxylic acids is 1. The molecule has 8 heteroatoms. The Morgan fingerprint density at radius 2 is 2.09 bits per heavy atom. The monoisotopic (exact) mass is 324 g/mol. The number of aliphatic carboxylic acids is 1. The summed E-state index contributed by atoms with van der Waals surface area (Å²) in [5.74, 6) is -1.22. The average Bonchev–Trinajstić information content (AvgIpc) is 3.05. The summed E-state index contributed by atoms with van der Waals surface area (Å²) in [5, 5.41) is 9.16. The zero-order chi connectivity index (χ0) is 16.1. The Kier molecular flexibility index (Phi) is 3.45. The lowest BCUT2D eigenvalue weighted by atomic mass is 10.2. The van der Waals surface area contributed by atoms with Crippen LogP contribution in [0.4, 0.5) is 5.69 Å². The van der Waals surface area contributed by atoms with Gasteiger partial charge in [-0.05, 0) is 36.6 Å². The lowest BCUT2D eigenvalue weighted by Gasteiger charge is -2.21. The Bertz CT molecular complexity index is 758. The van der Waals surface area contributed by atoms with E-state index in [0.29, 0.717) is 24.1 Å². The number of likely N-dealkylation sites (N-methyl/N-ethyl adjacent to an activating group) is 1. The summed E-state index contributed by atoms with van der Waals surface area (Å²) in [6, 6.07) is 3.49. The first-order chi connectivity index (χ1) is 10.3. The van der Waals surface area contributed by atoms with Crippen molar-refractivity contribution in [1.82, 2.24) is 4.31 Å². The molecule has 1 aromatic carbocycles. The van der Waals surface area contributed by atoms with Gasteiger partial charge in [-0.3, -0.25) is 9.59 Å². The molecule has 0 radical (unpaired) electrons. The topological polar surface area (TPSA) is 95.0 Å². The minimum Gasteiger partial charge on any atom is -0.480 e. The largest absolute Gasteiger partial charge is 0.480 e. The number of carboxylic acids is 1. The van der Waals surface area contributed by atoms with E-state index in [9.17, 15) is 18.0 Å². The van der Waals surface area contributed by atoms with Crippen molar-refractivity contribution in [3.05, 3.63) is 23.8 Å². The van der Waals surface area contributed by atoms with Crippen LogP contribution in [-0.4, -0.2) is 49.3 Å². The van der Waals surface area contributed by atoms with E-state index >= 15 is 0 Å². The summed E-state index contributed by atoms with van der Waals surface area (Å²) in [5.41, 5.74) is 1.35. The van der Waals surface area contributed by atoms with Gasteiger partial charge in [0.15, 0.2) is 0 Å². The van der Waals surface area contributed by atoms with Crippen LogP contribution in [0, 0.1) is 0 Å². The maximum atomic E-state index is 12.7. The molecule has 0 aromatic heterocycles. The molecule has 2 heterocycles. The van der Waals surface area contributed by atoms with Crippen molar-refractivity contribution in [3.63, 3.8) is 0 Å². The summed E-state index contributed by atoms with van der Waals surface area (Å²) >= 11 is 0. The maximum Gasteiger partial charge on any atom is 0.322 e. The number of sulfonamides is 1. The number of fused-ring (bicyclic) bond motifs is 1. The fourth-order valence-electron chi connectivity index (χ4n) is 3.02. The van der Waals surface area contributed by atoms with Crippen molar-refractivity contribution in [2.24, 2.45) is 0 Å². The zero-order valence-electron chi connectivity index (χ0n) is 12.0. The fraction of sp³-hybridized carbons (Fsp3) is 0.429. The van der Waals surface area contributed by atoms with Crippen molar-refractivity contribution >= 4 is 27.6 Å². The number of hydrogen-bond acceptors (Lipinski definition) is 4. The number of anilines is 1. The van der Waals surface area contributed by atoms with Gasteiger partial charge >= 0.3 is 5.97 Å². The van der Waals surface area contributed by atoms with E-state index in [1.807, 2.05) is 0 Å². The summed E-state index contributed by atoms with van der Waals surface area (Å²) in [7, 11) is -2.22. The van der Waals surface area contributed by atoms with E-state index in [-0.39, 0.29) is 23.8 Å². The van der Waals surface area contributed by atoms with Crippen LogP contribution in [0.3, 0.4) is 0 Å². The van der Waals surface area contributed by atoms with Gasteiger partial charge in [-0.25, -0.2) is 8.42 Å². The molecule has 0 unspecified atom stereocenters. The number of nitrogens with zero attached hydrogens (tertiary/aromatic N) is 2. The first-order valence-electron chi connectivity index (χ1n) is 6.96. The Labute approximate surface area is 128 Å². The number of carbonyl (C=O) groups is 2. The molecule has 0 bridgehead atoms. The van der Waals surface area contributed by atoms with Crippen LogP contribution in [-0.2, 0) is 26.0 Å². The number of benzene rings is 1. The third kappa shape index (κ3) is 2.19. The highest BCUT2D eigenvalue weighted by Gasteiger charge is 2.40. The van der Waals surface area contributed by atoms with E-state index in [1.165, 1.54) is 17.0 Å². The molecule has 1 aromatic rings. The van der Waals surface area contributed by atoms with Gasteiger partial charge in [-0.15, -0.1) is 0 Å². The number of hydrogen-bond donors (Lipinski definition) is 1. The smallest absolute Gasteiger partial charge is 0.322 e. The lowest BCUT2D eigenvalue weighted by molar-refractivity contribution is -0.140. The van der Waals surface area contributed by atoms with E-state index in [1.54, 1.807) is 13.1 Å². The second-order valence-electron chi connectivity index (χ2n) is 5.53. The number of rotatable bonds is 3. The lowest BCUT2D eigenvalue weighted by Crippen LogP contribution is -2.40. The fourth-order valence-corrected chi connectivity index (χ4v) is 4.72. The number of carboxylic acid groups (broad SMARTS) is 1. The molecular formula is C14H16N2O5S. The maximum absolute atomic E-state index is 12.7. The Morgan fingerprint density at radius 3 is 2.77 bits per heavy atom. The van der Waals surface area contributed by atoms with Crippen LogP contribution in [0.5, 0.6) is 0 Å². The second-order valence-corrected chi connectivity index (χ2v) is 7.42. The van der Waals surface area contributed by atoms with Gasteiger partial charge in [0.1, 0.15) is 6.04 Å². The van der Waals surface area contributed by atoms with Crippen LogP contribution < -0.4 is 4.90 Å². The summed E-state index contributed by atoms with van der Waals surface area (Å²) in [4.78, 5) is 24.4. The van der Waals surface area contributed by atoms with Crippen LogP contribution in [0.15, 0.2) is 23.1 Å². The van der Waals surface area contributed by atoms with Gasteiger partial charge in [0, 0.05) is 19.3 Å². The van der Waals surface area contributed by atoms with Gasteiger partial charge in [-0.2, -0.15) is 4.31 Å². The van der Waals surface area contributed by atoms with Gasteiger partial charge in [0.05, 0.1) is 11.3 Å². The predicted molar refractivity (Wildman–Crippen MR) is 78.1 cm³/mol. The van der Waals surface area contributed by atoms with Gasteiger partial charge < -0.3 is 10.0 Å². The van der Waals surface area contributed by atoms with Crippen LogP contribution in [0.1, 0.15) is 18.4 Å². The molecule has 0 spiro atoms. The summed E-state index contributed by atoms with van der Waals surface area (Å²) in [6.45, 7) is 0.204. The molecule has 2 aliphatic rings. The third-order valence-electron chi connectivity index (χ3n) is 4.22. The first kappa shape index (κ1) is 15.0. The molecule has 0 aliphatic carbocycles. The van der Waals surface area contributed by atoms with E-state index in [0.717, 1.165) is 4.31 Å². The quantitative estimate of drug-likeness (QED) is 0.871. The van der Waals surface area contributed by atoms with E-state index in [4.69, 9.17) is 5.11 Å². The van der Waals surface area contributed by atoms with Gasteiger partial charge in [-0.1, -0.05) is 0 Å².